The summed E-state index contributed by atoms with van der Waals surface area (Å²) in [4.78, 5) is 28.5. The summed E-state index contributed by atoms with van der Waals surface area (Å²) in [7, 11) is 0. The molecule has 7 heteroatoms. The van der Waals surface area contributed by atoms with Crippen molar-refractivity contribution in [3.05, 3.63) is 89.5 Å². The Morgan fingerprint density at radius 1 is 0.886 bits per heavy atom. The van der Waals surface area contributed by atoms with E-state index in [0.29, 0.717) is 48.7 Å². The summed E-state index contributed by atoms with van der Waals surface area (Å²) < 4.78 is 19.5. The Morgan fingerprint density at radius 3 is 2.43 bits per heavy atom. The minimum absolute atomic E-state index is 0.270. The first-order valence-electron chi connectivity index (χ1n) is 16.0. The molecule has 1 aromatic heterocycles. The lowest BCUT2D eigenvalue weighted by Gasteiger charge is -2.31. The highest BCUT2D eigenvalue weighted by atomic mass is 16.5. The Bertz CT molecular complexity index is 1600. The van der Waals surface area contributed by atoms with E-state index in [1.165, 1.54) is 5.56 Å². The van der Waals surface area contributed by atoms with Gasteiger partial charge in [-0.1, -0.05) is 74.5 Å². The van der Waals surface area contributed by atoms with Gasteiger partial charge in [0, 0.05) is 18.5 Å². The van der Waals surface area contributed by atoms with Gasteiger partial charge in [-0.05, 0) is 79.4 Å². The highest BCUT2D eigenvalue weighted by Crippen LogP contribution is 2.35. The van der Waals surface area contributed by atoms with Crippen LogP contribution in [0.3, 0.4) is 0 Å². The smallest absolute Gasteiger partial charge is 0.344 e. The van der Waals surface area contributed by atoms with Gasteiger partial charge in [-0.15, -0.1) is 0 Å². The molecule has 6 rings (SSSR count). The van der Waals surface area contributed by atoms with E-state index < -0.39 is 0 Å². The SMILES string of the molecule is CC(C)CCOC(=O)c1ccccc1-c1ccc(CN2CCC(COC(=O)c3c4n(c5ccccc35)CCCO4)CC2)cc1. The van der Waals surface area contributed by atoms with E-state index in [-0.39, 0.29) is 11.9 Å². The average Bonchev–Trinajstić information content (AvgIpc) is 3.39. The van der Waals surface area contributed by atoms with Gasteiger partial charge in [0.25, 0.3) is 0 Å². The van der Waals surface area contributed by atoms with Gasteiger partial charge in [0.15, 0.2) is 0 Å². The quantitative estimate of drug-likeness (QED) is 0.179. The maximum Gasteiger partial charge on any atom is 0.344 e. The molecule has 2 aliphatic heterocycles. The van der Waals surface area contributed by atoms with E-state index in [1.807, 2.05) is 48.5 Å². The zero-order chi connectivity index (χ0) is 30.5. The number of ether oxygens (including phenoxy) is 3. The molecule has 3 heterocycles. The number of aryl methyl sites for hydroxylation is 1. The number of fused-ring (bicyclic) bond motifs is 3. The average molecular weight is 595 g/mol. The van der Waals surface area contributed by atoms with Crippen molar-refractivity contribution < 1.29 is 23.8 Å². The summed E-state index contributed by atoms with van der Waals surface area (Å²) in [6.45, 7) is 9.37. The van der Waals surface area contributed by atoms with Crippen molar-refractivity contribution in [3.63, 3.8) is 0 Å². The molecule has 7 nitrogen and oxygen atoms in total. The third kappa shape index (κ3) is 6.68. The van der Waals surface area contributed by atoms with Crippen LogP contribution in [0.5, 0.6) is 5.88 Å². The van der Waals surface area contributed by atoms with E-state index in [2.05, 4.69) is 47.6 Å². The van der Waals surface area contributed by atoms with Gasteiger partial charge >= 0.3 is 11.9 Å². The summed E-state index contributed by atoms with van der Waals surface area (Å²) in [6.07, 6.45) is 3.77. The maximum absolute atomic E-state index is 13.2. The van der Waals surface area contributed by atoms with Crippen molar-refractivity contribution in [2.24, 2.45) is 11.8 Å². The third-order valence-corrected chi connectivity index (χ3v) is 8.80. The molecule has 0 amide bonds. The van der Waals surface area contributed by atoms with Crippen LogP contribution in [0.25, 0.3) is 22.0 Å². The first kappa shape index (κ1) is 29.9. The third-order valence-electron chi connectivity index (χ3n) is 8.80. The second-order valence-electron chi connectivity index (χ2n) is 12.4. The summed E-state index contributed by atoms with van der Waals surface area (Å²) in [6, 6.07) is 24.1. The van der Waals surface area contributed by atoms with Gasteiger partial charge in [0.05, 0.1) is 30.9 Å². The Morgan fingerprint density at radius 2 is 1.64 bits per heavy atom. The summed E-state index contributed by atoms with van der Waals surface area (Å²) in [5.74, 6) is 0.928. The lowest BCUT2D eigenvalue weighted by atomic mass is 9.96. The maximum atomic E-state index is 13.2. The van der Waals surface area contributed by atoms with Gasteiger partial charge in [-0.2, -0.15) is 0 Å². The predicted molar refractivity (Wildman–Crippen MR) is 172 cm³/mol. The lowest BCUT2D eigenvalue weighted by molar-refractivity contribution is 0.0364. The summed E-state index contributed by atoms with van der Waals surface area (Å²) in [5, 5.41) is 0.903. The first-order valence-corrected chi connectivity index (χ1v) is 16.0. The van der Waals surface area contributed by atoms with Gasteiger partial charge < -0.3 is 18.8 Å². The highest BCUT2D eigenvalue weighted by molar-refractivity contribution is 6.07. The van der Waals surface area contributed by atoms with Crippen LogP contribution in [0.2, 0.25) is 0 Å². The molecule has 0 N–H and O–H groups in total. The summed E-state index contributed by atoms with van der Waals surface area (Å²) in [5.41, 5.74) is 5.33. The Labute approximate surface area is 259 Å². The molecule has 0 aliphatic carbocycles. The number of benzene rings is 3. The number of rotatable bonds is 10. The molecule has 4 aromatic rings. The zero-order valence-corrected chi connectivity index (χ0v) is 25.8. The fraction of sp³-hybridized carbons (Fsp3) is 0.405. The van der Waals surface area contributed by atoms with Gasteiger partial charge in [-0.3, -0.25) is 4.90 Å². The minimum Gasteiger partial charge on any atom is -0.478 e. The standard InChI is InChI=1S/C37H42N2O5/c1-26(2)18-23-43-36(40)31-9-4-3-8-30(31)29-14-12-27(13-15-29)24-38-20-16-28(17-21-38)25-44-37(41)34-32-10-5-6-11-33(32)39-19-7-22-42-35(34)39/h3-6,8-15,26,28H,7,16-25H2,1-2H3. The van der Waals surface area contributed by atoms with Crippen LogP contribution in [0.1, 0.15) is 65.8 Å². The molecule has 0 bridgehead atoms. The van der Waals surface area contributed by atoms with Crippen molar-refractivity contribution in [3.8, 4) is 17.0 Å². The van der Waals surface area contributed by atoms with Gasteiger partial charge in [0.1, 0.15) is 5.56 Å². The largest absolute Gasteiger partial charge is 0.478 e. The molecule has 1 fully saturated rings. The van der Waals surface area contributed by atoms with Crippen LogP contribution < -0.4 is 4.74 Å². The predicted octanol–water partition coefficient (Wildman–Crippen LogP) is 7.36. The molecule has 0 atom stereocenters. The number of nitrogens with zero attached hydrogens (tertiary/aromatic N) is 2. The number of para-hydroxylation sites is 1. The second kappa shape index (κ2) is 13.7. The lowest BCUT2D eigenvalue weighted by Crippen LogP contribution is -2.35. The topological polar surface area (TPSA) is 70.0 Å². The molecular formula is C37H42N2O5. The number of aromatic nitrogens is 1. The molecule has 230 valence electrons. The van der Waals surface area contributed by atoms with Crippen LogP contribution in [-0.2, 0) is 22.6 Å². The van der Waals surface area contributed by atoms with Gasteiger partial charge in [-0.25, -0.2) is 9.59 Å². The van der Waals surface area contributed by atoms with Crippen LogP contribution in [-0.4, -0.2) is 54.3 Å². The number of carbonyl (C=O) groups excluding carboxylic acids is 2. The molecule has 0 spiro atoms. The van der Waals surface area contributed by atoms with E-state index in [1.54, 1.807) is 0 Å². The molecule has 2 aliphatic rings. The fourth-order valence-electron chi connectivity index (χ4n) is 6.24. The Balaban J connectivity index is 1.01. The molecule has 3 aromatic carbocycles. The van der Waals surface area contributed by atoms with Gasteiger partial charge in [0.2, 0.25) is 5.88 Å². The van der Waals surface area contributed by atoms with Crippen molar-refractivity contribution in [2.45, 2.75) is 52.6 Å². The Kier molecular flexibility index (Phi) is 9.31. The first-order chi connectivity index (χ1) is 21.5. The number of hydrogen-bond donors (Lipinski definition) is 0. The highest BCUT2D eigenvalue weighted by Gasteiger charge is 2.28. The molecule has 0 saturated carbocycles. The number of likely N-dealkylation sites (tertiary alicyclic amines) is 1. The minimum atomic E-state index is -0.287. The molecule has 0 unspecified atom stereocenters. The monoisotopic (exact) mass is 594 g/mol. The van der Waals surface area contributed by atoms with Crippen molar-refractivity contribution in [1.29, 1.82) is 0 Å². The normalized spacial score (nSPS) is 15.6. The molecule has 1 saturated heterocycles. The fourth-order valence-corrected chi connectivity index (χ4v) is 6.24. The molecule has 44 heavy (non-hydrogen) atoms. The molecule has 0 radical (unpaired) electrons. The summed E-state index contributed by atoms with van der Waals surface area (Å²) >= 11 is 0. The van der Waals surface area contributed by atoms with E-state index in [9.17, 15) is 9.59 Å². The molecular weight excluding hydrogens is 552 g/mol. The van der Waals surface area contributed by atoms with Crippen molar-refractivity contribution >= 4 is 22.8 Å². The van der Waals surface area contributed by atoms with E-state index in [4.69, 9.17) is 14.2 Å². The van der Waals surface area contributed by atoms with Crippen LogP contribution in [0.4, 0.5) is 0 Å². The number of hydrogen-bond acceptors (Lipinski definition) is 6. The number of piperidine rings is 1. The van der Waals surface area contributed by atoms with E-state index in [0.717, 1.165) is 73.9 Å². The van der Waals surface area contributed by atoms with Crippen LogP contribution in [0.15, 0.2) is 72.8 Å². The second-order valence-corrected chi connectivity index (χ2v) is 12.4. The van der Waals surface area contributed by atoms with Crippen molar-refractivity contribution in [2.75, 3.05) is 32.9 Å². The van der Waals surface area contributed by atoms with Crippen LogP contribution >= 0.6 is 0 Å². The van der Waals surface area contributed by atoms with Crippen molar-refractivity contribution in [1.82, 2.24) is 9.47 Å². The number of esters is 2. The Hall–Kier alpha value is -4.10. The number of carbonyl (C=O) groups is 2. The van der Waals surface area contributed by atoms with Crippen LogP contribution in [0, 0.1) is 11.8 Å². The van der Waals surface area contributed by atoms with E-state index >= 15 is 0 Å². The zero-order valence-electron chi connectivity index (χ0n) is 25.8.